The summed E-state index contributed by atoms with van der Waals surface area (Å²) in [6, 6.07) is 7.40. The van der Waals surface area contributed by atoms with Crippen LogP contribution >= 0.6 is 0 Å². The Labute approximate surface area is 152 Å². The van der Waals surface area contributed by atoms with Crippen LogP contribution < -0.4 is 4.74 Å². The van der Waals surface area contributed by atoms with E-state index in [0.717, 1.165) is 24.4 Å². The number of methoxy groups -OCH3 is 1. The van der Waals surface area contributed by atoms with Gasteiger partial charge in [-0.3, -0.25) is 4.79 Å². The second-order valence-corrected chi connectivity index (χ2v) is 6.14. The van der Waals surface area contributed by atoms with E-state index in [0.29, 0.717) is 24.5 Å². The van der Waals surface area contributed by atoms with Gasteiger partial charge in [0.15, 0.2) is 5.78 Å². The number of nitrogens with zero attached hydrogens (tertiary/aromatic N) is 1. The fraction of sp³-hybridized carbons (Fsp3) is 0.421. The van der Waals surface area contributed by atoms with Crippen molar-refractivity contribution in [2.75, 3.05) is 27.2 Å². The molecule has 0 radical (unpaired) electrons. The number of benzene rings is 1. The summed E-state index contributed by atoms with van der Waals surface area (Å²) in [6.07, 6.45) is 4.16. The number of carboxylic acids is 2. The van der Waals surface area contributed by atoms with E-state index < -0.39 is 11.9 Å². The summed E-state index contributed by atoms with van der Waals surface area (Å²) >= 11 is 0. The fourth-order valence-electron chi connectivity index (χ4n) is 2.74. The molecule has 1 saturated heterocycles. The Balaban J connectivity index is 0.000000359. The van der Waals surface area contributed by atoms with Gasteiger partial charge in [0.05, 0.1) is 7.11 Å². The highest BCUT2D eigenvalue weighted by Crippen LogP contribution is 2.21. The van der Waals surface area contributed by atoms with E-state index in [1.807, 2.05) is 24.3 Å². The molecule has 1 aliphatic rings. The minimum atomic E-state index is -1.26. The first kappa shape index (κ1) is 21.4. The number of hydrogen-bond donors (Lipinski definition) is 2. The van der Waals surface area contributed by atoms with E-state index in [9.17, 15) is 14.4 Å². The van der Waals surface area contributed by atoms with Crippen molar-refractivity contribution < 1.29 is 29.3 Å². The molecule has 2 N–H and O–H groups in total. The highest BCUT2D eigenvalue weighted by Gasteiger charge is 2.20. The zero-order chi connectivity index (χ0) is 19.5. The maximum atomic E-state index is 12.2. The number of ketones is 1. The highest BCUT2D eigenvalue weighted by molar-refractivity contribution is 5.96. The number of rotatable bonds is 6. The second kappa shape index (κ2) is 11.0. The number of hydrogen-bond acceptors (Lipinski definition) is 5. The number of aliphatic carboxylic acids is 2. The molecule has 1 aromatic rings. The summed E-state index contributed by atoms with van der Waals surface area (Å²) in [4.78, 5) is 33.6. The van der Waals surface area contributed by atoms with E-state index >= 15 is 0 Å². The molecular weight excluding hydrogens is 338 g/mol. The van der Waals surface area contributed by atoms with Crippen molar-refractivity contribution >= 4 is 17.7 Å². The Morgan fingerprint density at radius 3 is 2.19 bits per heavy atom. The third-order valence-electron chi connectivity index (χ3n) is 3.98. The lowest BCUT2D eigenvalue weighted by Gasteiger charge is -2.29. The second-order valence-electron chi connectivity index (χ2n) is 6.14. The summed E-state index contributed by atoms with van der Waals surface area (Å²) in [5.41, 5.74) is 0.795. The highest BCUT2D eigenvalue weighted by atomic mass is 16.5. The lowest BCUT2D eigenvalue weighted by molar-refractivity contribution is -0.134. The summed E-state index contributed by atoms with van der Waals surface area (Å²) in [5.74, 6) is -0.958. The maximum absolute atomic E-state index is 12.2. The summed E-state index contributed by atoms with van der Waals surface area (Å²) in [6.45, 7) is 2.20. The molecule has 0 saturated carbocycles. The van der Waals surface area contributed by atoms with Gasteiger partial charge < -0.3 is 19.8 Å². The Morgan fingerprint density at radius 2 is 1.73 bits per heavy atom. The molecule has 1 fully saturated rings. The van der Waals surface area contributed by atoms with Crippen LogP contribution in [-0.4, -0.2) is 60.1 Å². The maximum Gasteiger partial charge on any atom is 0.328 e. The molecule has 1 unspecified atom stereocenters. The van der Waals surface area contributed by atoms with Gasteiger partial charge in [-0.05, 0) is 56.6 Å². The first-order valence-corrected chi connectivity index (χ1v) is 8.31. The molecule has 0 aliphatic carbocycles. The molecule has 1 aliphatic heterocycles. The van der Waals surface area contributed by atoms with Gasteiger partial charge in [0.1, 0.15) is 5.75 Å². The predicted octanol–water partition coefficient (Wildman–Crippen LogP) is 2.32. The quantitative estimate of drug-likeness (QED) is 0.590. The molecule has 1 atom stereocenters. The first-order valence-electron chi connectivity index (χ1n) is 8.31. The Hall–Kier alpha value is -2.67. The molecule has 1 heterocycles. The van der Waals surface area contributed by atoms with Crippen molar-refractivity contribution in [3.8, 4) is 5.75 Å². The third-order valence-corrected chi connectivity index (χ3v) is 3.98. The van der Waals surface area contributed by atoms with Crippen LogP contribution in [0.2, 0.25) is 0 Å². The van der Waals surface area contributed by atoms with E-state index in [-0.39, 0.29) is 5.78 Å². The van der Waals surface area contributed by atoms with E-state index in [4.69, 9.17) is 14.9 Å². The van der Waals surface area contributed by atoms with Crippen molar-refractivity contribution in [1.82, 2.24) is 4.90 Å². The van der Waals surface area contributed by atoms with Crippen LogP contribution in [0, 0.1) is 5.92 Å². The first-order chi connectivity index (χ1) is 12.3. The van der Waals surface area contributed by atoms with Crippen LogP contribution in [0.15, 0.2) is 36.4 Å². The Morgan fingerprint density at radius 1 is 1.15 bits per heavy atom. The zero-order valence-electron chi connectivity index (χ0n) is 15.1. The van der Waals surface area contributed by atoms with Gasteiger partial charge in [-0.25, -0.2) is 9.59 Å². The summed E-state index contributed by atoms with van der Waals surface area (Å²) < 4.78 is 5.09. The van der Waals surface area contributed by atoms with Crippen LogP contribution in [0.4, 0.5) is 0 Å². The van der Waals surface area contributed by atoms with Gasteiger partial charge in [0.2, 0.25) is 0 Å². The van der Waals surface area contributed by atoms with Crippen molar-refractivity contribution in [3.05, 3.63) is 42.0 Å². The average Bonchev–Trinajstić information content (AvgIpc) is 2.60. The molecule has 1 aromatic carbocycles. The summed E-state index contributed by atoms with van der Waals surface area (Å²) in [5, 5.41) is 15.6. The predicted molar refractivity (Wildman–Crippen MR) is 96.6 cm³/mol. The number of piperidine rings is 1. The molecule has 0 bridgehead atoms. The minimum absolute atomic E-state index is 0.248. The number of Topliss-reactive ketones (excluding diaryl/α,β-unsaturated/α-hetero) is 1. The van der Waals surface area contributed by atoms with Gasteiger partial charge in [-0.2, -0.15) is 0 Å². The standard InChI is InChI=1S/C15H21NO2.C4H4O4/c1-16-9-3-4-12(11-16)10-15(17)13-5-7-14(18-2)8-6-13;5-3(6)1-2-4(7)8/h5-8,12H,3-4,9-11H2,1-2H3;1-2H,(H,5,6)(H,7,8)/b;2-1-. The topological polar surface area (TPSA) is 104 Å². The number of likely N-dealkylation sites (tertiary alicyclic amines) is 1. The molecule has 7 heteroatoms. The molecular formula is C19H25NO6. The van der Waals surface area contributed by atoms with Crippen LogP contribution in [0.5, 0.6) is 5.75 Å². The molecule has 0 aromatic heterocycles. The number of ether oxygens (including phenoxy) is 1. The smallest absolute Gasteiger partial charge is 0.328 e. The van der Waals surface area contributed by atoms with Crippen molar-refractivity contribution in [1.29, 1.82) is 0 Å². The third kappa shape index (κ3) is 8.43. The Kier molecular flexibility index (Phi) is 9.08. The fourth-order valence-corrected chi connectivity index (χ4v) is 2.74. The molecule has 0 spiro atoms. The number of carbonyl (C=O) groups excluding carboxylic acids is 1. The molecule has 2 rings (SSSR count). The van der Waals surface area contributed by atoms with E-state index in [1.54, 1.807) is 7.11 Å². The van der Waals surface area contributed by atoms with Gasteiger partial charge in [-0.15, -0.1) is 0 Å². The van der Waals surface area contributed by atoms with Crippen molar-refractivity contribution in [3.63, 3.8) is 0 Å². The van der Waals surface area contributed by atoms with E-state index in [1.165, 1.54) is 12.8 Å². The molecule has 0 amide bonds. The molecule has 7 nitrogen and oxygen atoms in total. The van der Waals surface area contributed by atoms with Gasteiger partial charge in [0, 0.05) is 30.7 Å². The van der Waals surface area contributed by atoms with Crippen LogP contribution in [-0.2, 0) is 9.59 Å². The van der Waals surface area contributed by atoms with E-state index in [2.05, 4.69) is 11.9 Å². The summed E-state index contributed by atoms with van der Waals surface area (Å²) in [7, 11) is 3.76. The largest absolute Gasteiger partial charge is 0.497 e. The SMILES string of the molecule is COc1ccc(C(=O)CC2CCCN(C)C2)cc1.O=C(O)/C=C\C(=O)O. The zero-order valence-corrected chi connectivity index (χ0v) is 15.1. The minimum Gasteiger partial charge on any atom is -0.497 e. The Bertz CT molecular complexity index is 622. The monoisotopic (exact) mass is 363 g/mol. The van der Waals surface area contributed by atoms with Gasteiger partial charge >= 0.3 is 11.9 Å². The number of carboxylic acid groups (broad SMARTS) is 2. The normalized spacial score (nSPS) is 17.2. The average molecular weight is 363 g/mol. The van der Waals surface area contributed by atoms with Crippen molar-refractivity contribution in [2.45, 2.75) is 19.3 Å². The van der Waals surface area contributed by atoms with Crippen LogP contribution in [0.3, 0.4) is 0 Å². The van der Waals surface area contributed by atoms with Crippen molar-refractivity contribution in [2.24, 2.45) is 5.92 Å². The van der Waals surface area contributed by atoms with Crippen LogP contribution in [0.1, 0.15) is 29.6 Å². The van der Waals surface area contributed by atoms with Gasteiger partial charge in [-0.1, -0.05) is 0 Å². The number of carbonyl (C=O) groups is 3. The van der Waals surface area contributed by atoms with Crippen LogP contribution in [0.25, 0.3) is 0 Å². The lowest BCUT2D eigenvalue weighted by Crippen LogP contribution is -2.33. The van der Waals surface area contributed by atoms with Gasteiger partial charge in [0.25, 0.3) is 0 Å². The lowest BCUT2D eigenvalue weighted by atomic mass is 9.91. The molecule has 26 heavy (non-hydrogen) atoms. The molecule has 142 valence electrons.